The highest BCUT2D eigenvalue weighted by atomic mass is 15.1. The van der Waals surface area contributed by atoms with Crippen LogP contribution in [0.1, 0.15) is 50.2 Å². The lowest BCUT2D eigenvalue weighted by atomic mass is 9.98. The summed E-state index contributed by atoms with van der Waals surface area (Å²) in [5.74, 6) is 4.02. The number of fused-ring (bicyclic) bond motifs is 2. The number of nitrogens with one attached hydrogen (secondary N) is 2. The number of unbranched alkanes of at least 4 members (excludes halogenated alkanes) is 1. The zero-order chi connectivity index (χ0) is 24.2. The number of benzene rings is 2. The van der Waals surface area contributed by atoms with E-state index in [4.69, 9.17) is 9.97 Å². The van der Waals surface area contributed by atoms with Crippen LogP contribution in [0.3, 0.4) is 0 Å². The van der Waals surface area contributed by atoms with Crippen molar-refractivity contribution in [1.29, 1.82) is 0 Å². The monoisotopic (exact) mass is 484 g/mol. The van der Waals surface area contributed by atoms with E-state index in [2.05, 4.69) is 68.3 Å². The van der Waals surface area contributed by atoms with E-state index in [-0.39, 0.29) is 0 Å². The van der Waals surface area contributed by atoms with Crippen LogP contribution in [0.5, 0.6) is 0 Å². The zero-order valence-corrected chi connectivity index (χ0v) is 21.5. The smallest absolute Gasteiger partial charge is 0.109 e. The fourth-order valence-electron chi connectivity index (χ4n) is 6.25. The van der Waals surface area contributed by atoms with Crippen LogP contribution in [0.4, 0.5) is 0 Å². The van der Waals surface area contributed by atoms with Crippen LogP contribution in [0.15, 0.2) is 48.5 Å². The highest BCUT2D eigenvalue weighted by molar-refractivity contribution is 5.76. The van der Waals surface area contributed by atoms with Crippen LogP contribution in [0, 0.1) is 11.8 Å². The normalized spacial score (nSPS) is 17.9. The Balaban J connectivity index is 1.15. The molecule has 0 radical (unpaired) electrons. The molecule has 2 aromatic carbocycles. The third-order valence-electron chi connectivity index (χ3n) is 8.32. The van der Waals surface area contributed by atoms with Crippen LogP contribution in [0.25, 0.3) is 22.1 Å². The molecule has 6 nitrogen and oxygen atoms in total. The number of piperidine rings is 2. The Morgan fingerprint density at radius 3 is 1.47 bits per heavy atom. The van der Waals surface area contributed by atoms with Gasteiger partial charge in [0.05, 0.1) is 22.1 Å². The number of imidazole rings is 2. The van der Waals surface area contributed by atoms with Crippen LogP contribution >= 0.6 is 0 Å². The third kappa shape index (κ3) is 5.21. The summed E-state index contributed by atoms with van der Waals surface area (Å²) in [5, 5.41) is 7.01. The Morgan fingerprint density at radius 1 is 0.611 bits per heavy atom. The highest BCUT2D eigenvalue weighted by Crippen LogP contribution is 2.25. The lowest BCUT2D eigenvalue weighted by molar-refractivity contribution is 0.331. The Morgan fingerprint density at radius 2 is 1.03 bits per heavy atom. The molecule has 2 aromatic heterocycles. The molecular formula is C30H40N6. The molecule has 36 heavy (non-hydrogen) atoms. The molecule has 0 spiro atoms. The van der Waals surface area contributed by atoms with Gasteiger partial charge < -0.3 is 19.8 Å². The van der Waals surface area contributed by atoms with Gasteiger partial charge in [-0.2, -0.15) is 0 Å². The average molecular weight is 485 g/mol. The van der Waals surface area contributed by atoms with Crippen molar-refractivity contribution in [3.8, 4) is 0 Å². The first-order valence-electron chi connectivity index (χ1n) is 14.1. The highest BCUT2D eigenvalue weighted by Gasteiger charge is 2.19. The van der Waals surface area contributed by atoms with Gasteiger partial charge in [0.1, 0.15) is 11.6 Å². The van der Waals surface area contributed by atoms with Gasteiger partial charge in [0.25, 0.3) is 0 Å². The lowest BCUT2D eigenvalue weighted by Crippen LogP contribution is -2.30. The molecule has 190 valence electrons. The minimum atomic E-state index is 0.748. The summed E-state index contributed by atoms with van der Waals surface area (Å²) in [6.07, 6.45) is 9.41. The number of rotatable bonds is 9. The van der Waals surface area contributed by atoms with E-state index in [1.807, 2.05) is 0 Å². The van der Waals surface area contributed by atoms with Crippen LogP contribution in [-0.2, 0) is 25.9 Å². The topological polar surface area (TPSA) is 59.7 Å². The average Bonchev–Trinajstić information content (AvgIpc) is 3.45. The van der Waals surface area contributed by atoms with Gasteiger partial charge in [0.2, 0.25) is 0 Å². The summed E-state index contributed by atoms with van der Waals surface area (Å²) in [5.41, 5.74) is 4.89. The van der Waals surface area contributed by atoms with Crippen molar-refractivity contribution in [2.75, 3.05) is 26.2 Å². The van der Waals surface area contributed by atoms with E-state index >= 15 is 0 Å². The third-order valence-corrected chi connectivity index (χ3v) is 8.32. The van der Waals surface area contributed by atoms with Gasteiger partial charge in [-0.15, -0.1) is 0 Å². The molecular weight excluding hydrogens is 444 g/mol. The number of hydrogen-bond acceptors (Lipinski definition) is 4. The van der Waals surface area contributed by atoms with Crippen molar-refractivity contribution >= 4 is 22.1 Å². The Labute approximate surface area is 214 Å². The van der Waals surface area contributed by atoms with E-state index in [1.54, 1.807) is 0 Å². The van der Waals surface area contributed by atoms with E-state index < -0.39 is 0 Å². The lowest BCUT2D eigenvalue weighted by Gasteiger charge is -2.24. The van der Waals surface area contributed by atoms with Crippen molar-refractivity contribution in [3.63, 3.8) is 0 Å². The molecule has 4 heterocycles. The maximum absolute atomic E-state index is 5.07. The summed E-state index contributed by atoms with van der Waals surface area (Å²) in [6.45, 7) is 6.78. The fourth-order valence-corrected chi connectivity index (χ4v) is 6.25. The van der Waals surface area contributed by atoms with Gasteiger partial charge in [-0.3, -0.25) is 0 Å². The molecule has 2 aliphatic heterocycles. The first-order valence-corrected chi connectivity index (χ1v) is 14.1. The van der Waals surface area contributed by atoms with E-state index in [1.165, 1.54) is 48.4 Å². The number of hydrogen-bond donors (Lipinski definition) is 2. The first-order chi connectivity index (χ1) is 17.8. The first kappa shape index (κ1) is 23.7. The quantitative estimate of drug-likeness (QED) is 0.330. The van der Waals surface area contributed by atoms with Crippen molar-refractivity contribution in [3.05, 3.63) is 60.2 Å². The maximum atomic E-state index is 5.07. The van der Waals surface area contributed by atoms with Crippen LogP contribution in [-0.4, -0.2) is 45.3 Å². The summed E-state index contributed by atoms with van der Waals surface area (Å²) in [6, 6.07) is 17.4. The molecule has 6 heteroatoms. The summed E-state index contributed by atoms with van der Waals surface area (Å²) < 4.78 is 5.05. The molecule has 2 N–H and O–H groups in total. The fraction of sp³-hybridized carbons (Fsp3) is 0.533. The van der Waals surface area contributed by atoms with Crippen LogP contribution < -0.4 is 10.6 Å². The molecule has 0 bridgehead atoms. The summed E-state index contributed by atoms with van der Waals surface area (Å²) in [7, 11) is 0. The molecule has 6 rings (SSSR count). The van der Waals surface area contributed by atoms with E-state index in [0.29, 0.717) is 0 Å². The van der Waals surface area contributed by atoms with Crippen molar-refractivity contribution in [2.24, 2.45) is 11.8 Å². The molecule has 0 unspecified atom stereocenters. The summed E-state index contributed by atoms with van der Waals surface area (Å²) >= 11 is 0. The van der Waals surface area contributed by atoms with Gasteiger partial charge in [0, 0.05) is 25.9 Å². The molecule has 0 aliphatic carbocycles. The number of aryl methyl sites for hydroxylation is 2. The molecule has 0 saturated carbocycles. The minimum Gasteiger partial charge on any atom is -0.328 e. The Kier molecular flexibility index (Phi) is 7.33. The maximum Gasteiger partial charge on any atom is 0.109 e. The van der Waals surface area contributed by atoms with Gasteiger partial charge in [-0.25, -0.2) is 9.97 Å². The Hall–Kier alpha value is -2.70. The van der Waals surface area contributed by atoms with Crippen molar-refractivity contribution in [2.45, 2.75) is 64.5 Å². The molecule has 2 aliphatic rings. The van der Waals surface area contributed by atoms with Crippen LogP contribution in [0.2, 0.25) is 0 Å². The van der Waals surface area contributed by atoms with Gasteiger partial charge >= 0.3 is 0 Å². The largest absolute Gasteiger partial charge is 0.328 e. The second-order valence-corrected chi connectivity index (χ2v) is 10.8. The zero-order valence-electron chi connectivity index (χ0n) is 21.5. The standard InChI is InChI=1S/C30H40N6/c1-3-9-27-25(7-1)33-29(35(27)21-23-13-17-31-18-14-23)11-5-6-12-30-34-26-8-2-4-10-28(26)36(30)22-24-15-19-32-20-16-24/h1-4,7-10,23-24,31-32H,5-6,11-22H2. The minimum absolute atomic E-state index is 0.748. The van der Waals surface area contributed by atoms with Gasteiger partial charge in [-0.05, 0) is 101 Å². The number of aromatic nitrogens is 4. The van der Waals surface area contributed by atoms with Gasteiger partial charge in [-0.1, -0.05) is 24.3 Å². The molecule has 2 saturated heterocycles. The molecule has 0 atom stereocenters. The second kappa shape index (κ2) is 11.1. The predicted molar refractivity (Wildman–Crippen MR) is 147 cm³/mol. The molecule has 0 amide bonds. The molecule has 2 fully saturated rings. The molecule has 4 aromatic rings. The van der Waals surface area contributed by atoms with E-state index in [9.17, 15) is 0 Å². The van der Waals surface area contributed by atoms with Crippen molar-refractivity contribution in [1.82, 2.24) is 29.7 Å². The number of para-hydroxylation sites is 4. The second-order valence-electron chi connectivity index (χ2n) is 10.8. The predicted octanol–water partition coefficient (Wildman–Crippen LogP) is 4.95. The Bertz CT molecular complexity index is 1180. The van der Waals surface area contributed by atoms with Gasteiger partial charge in [0.15, 0.2) is 0 Å². The van der Waals surface area contributed by atoms with E-state index in [0.717, 1.165) is 87.8 Å². The summed E-state index contributed by atoms with van der Waals surface area (Å²) in [4.78, 5) is 10.1. The van der Waals surface area contributed by atoms with Crippen molar-refractivity contribution < 1.29 is 0 Å². The SMILES string of the molecule is c1ccc2c(c1)nc(CCCCc1nc3ccccc3n1CC1CCNCC1)n2CC1CCNCC1. The number of nitrogens with zero attached hydrogens (tertiary/aromatic N) is 4.